The van der Waals surface area contributed by atoms with Crippen molar-refractivity contribution in [3.05, 3.63) is 78.4 Å². The molecular weight excluding hydrogens is 372 g/mol. The highest BCUT2D eigenvalue weighted by atomic mass is 16.5. The molecule has 0 saturated carbocycles. The van der Waals surface area contributed by atoms with Crippen LogP contribution in [-0.4, -0.2) is 17.2 Å². The number of hydrogen-bond acceptors (Lipinski definition) is 2. The number of aromatic carboxylic acids is 1. The number of carboxylic acids is 1. The van der Waals surface area contributed by atoms with Gasteiger partial charge in [0.2, 0.25) is 0 Å². The molecule has 3 aromatic rings. The van der Waals surface area contributed by atoms with Crippen LogP contribution in [0.2, 0.25) is 0 Å². The van der Waals surface area contributed by atoms with Crippen molar-refractivity contribution in [1.82, 2.24) is 0 Å². The number of carbonyl (C=O) groups is 1. The first kappa shape index (κ1) is 21.6. The van der Waals surface area contributed by atoms with E-state index in [-0.39, 0.29) is 6.10 Å². The van der Waals surface area contributed by atoms with Crippen LogP contribution in [0.3, 0.4) is 0 Å². The van der Waals surface area contributed by atoms with Gasteiger partial charge in [0.15, 0.2) is 0 Å². The SMILES string of the molecule is CCCCCC[C@H](C)Oc1ccc(-c2ccc(-c3ccccc3C(=O)O)cc2)cc1. The molecule has 0 fully saturated rings. The standard InChI is InChI=1S/C27H30O3/c1-3-4-5-6-9-20(2)30-24-18-16-22(17-19-24)21-12-14-23(15-13-21)25-10-7-8-11-26(25)27(28)29/h7-8,10-20H,3-6,9H2,1-2H3,(H,28,29)/t20-/m0/s1. The van der Waals surface area contributed by atoms with E-state index in [1.165, 1.54) is 25.7 Å². The summed E-state index contributed by atoms with van der Waals surface area (Å²) in [6.07, 6.45) is 6.34. The van der Waals surface area contributed by atoms with Gasteiger partial charge in [-0.25, -0.2) is 4.79 Å². The number of benzene rings is 3. The van der Waals surface area contributed by atoms with Crippen LogP contribution >= 0.6 is 0 Å². The molecule has 0 aliphatic carbocycles. The molecule has 0 aliphatic rings. The molecule has 0 radical (unpaired) electrons. The summed E-state index contributed by atoms with van der Waals surface area (Å²) in [7, 11) is 0. The lowest BCUT2D eigenvalue weighted by Crippen LogP contribution is -2.11. The van der Waals surface area contributed by atoms with E-state index in [4.69, 9.17) is 4.74 Å². The van der Waals surface area contributed by atoms with Gasteiger partial charge in [0.05, 0.1) is 11.7 Å². The monoisotopic (exact) mass is 402 g/mol. The van der Waals surface area contributed by atoms with Crippen LogP contribution < -0.4 is 4.74 Å². The van der Waals surface area contributed by atoms with E-state index >= 15 is 0 Å². The normalized spacial score (nSPS) is 11.8. The average Bonchev–Trinajstić information content (AvgIpc) is 2.77. The fourth-order valence-corrected chi connectivity index (χ4v) is 3.64. The Balaban J connectivity index is 1.65. The summed E-state index contributed by atoms with van der Waals surface area (Å²) in [6.45, 7) is 4.36. The van der Waals surface area contributed by atoms with Crippen LogP contribution in [0.15, 0.2) is 72.8 Å². The Morgan fingerprint density at radius 1 is 0.833 bits per heavy atom. The van der Waals surface area contributed by atoms with Crippen molar-refractivity contribution in [2.75, 3.05) is 0 Å². The van der Waals surface area contributed by atoms with E-state index < -0.39 is 5.97 Å². The Morgan fingerprint density at radius 2 is 1.43 bits per heavy atom. The Morgan fingerprint density at radius 3 is 2.07 bits per heavy atom. The van der Waals surface area contributed by atoms with Gasteiger partial charge in [0.25, 0.3) is 0 Å². The van der Waals surface area contributed by atoms with Crippen LogP contribution in [0.4, 0.5) is 0 Å². The highest BCUT2D eigenvalue weighted by molar-refractivity contribution is 5.96. The first-order valence-corrected chi connectivity index (χ1v) is 10.8. The third kappa shape index (κ3) is 5.73. The van der Waals surface area contributed by atoms with Crippen molar-refractivity contribution in [2.24, 2.45) is 0 Å². The largest absolute Gasteiger partial charge is 0.491 e. The van der Waals surface area contributed by atoms with Gasteiger partial charge in [-0.05, 0) is 60.2 Å². The molecule has 3 aromatic carbocycles. The highest BCUT2D eigenvalue weighted by Gasteiger charge is 2.11. The summed E-state index contributed by atoms with van der Waals surface area (Å²) in [6, 6.07) is 23.3. The molecule has 0 aliphatic heterocycles. The van der Waals surface area contributed by atoms with E-state index in [0.717, 1.165) is 34.4 Å². The Hall–Kier alpha value is -3.07. The van der Waals surface area contributed by atoms with Crippen LogP contribution in [0.1, 0.15) is 56.3 Å². The summed E-state index contributed by atoms with van der Waals surface area (Å²) in [4.78, 5) is 11.5. The average molecular weight is 403 g/mol. The summed E-state index contributed by atoms with van der Waals surface area (Å²) in [5, 5.41) is 9.41. The molecule has 0 bridgehead atoms. The molecule has 0 heterocycles. The third-order valence-electron chi connectivity index (χ3n) is 5.34. The first-order valence-electron chi connectivity index (χ1n) is 10.8. The van der Waals surface area contributed by atoms with Gasteiger partial charge in [-0.15, -0.1) is 0 Å². The van der Waals surface area contributed by atoms with Crippen LogP contribution in [0, 0.1) is 0 Å². The zero-order valence-corrected chi connectivity index (χ0v) is 17.8. The third-order valence-corrected chi connectivity index (χ3v) is 5.34. The van der Waals surface area contributed by atoms with Crippen molar-refractivity contribution in [3.8, 4) is 28.0 Å². The molecule has 3 rings (SSSR count). The number of hydrogen-bond donors (Lipinski definition) is 1. The second-order valence-corrected chi connectivity index (χ2v) is 7.73. The van der Waals surface area contributed by atoms with E-state index in [9.17, 15) is 9.90 Å². The minimum Gasteiger partial charge on any atom is -0.491 e. The lowest BCUT2D eigenvalue weighted by atomic mass is 9.97. The van der Waals surface area contributed by atoms with E-state index in [1.54, 1.807) is 12.1 Å². The van der Waals surface area contributed by atoms with Gasteiger partial charge in [-0.3, -0.25) is 0 Å². The van der Waals surface area contributed by atoms with Gasteiger partial charge in [0, 0.05) is 0 Å². The fraction of sp³-hybridized carbons (Fsp3) is 0.296. The quantitative estimate of drug-likeness (QED) is 0.358. The smallest absolute Gasteiger partial charge is 0.336 e. The molecule has 0 unspecified atom stereocenters. The van der Waals surface area contributed by atoms with Crippen molar-refractivity contribution >= 4 is 5.97 Å². The van der Waals surface area contributed by atoms with Crippen molar-refractivity contribution < 1.29 is 14.6 Å². The Kier molecular flexibility index (Phi) is 7.67. The van der Waals surface area contributed by atoms with Crippen LogP contribution in [0.5, 0.6) is 5.75 Å². The zero-order valence-electron chi connectivity index (χ0n) is 17.8. The van der Waals surface area contributed by atoms with Crippen LogP contribution in [0.25, 0.3) is 22.3 Å². The molecule has 3 nitrogen and oxygen atoms in total. The zero-order chi connectivity index (χ0) is 21.3. The number of unbranched alkanes of at least 4 members (excludes halogenated alkanes) is 3. The predicted molar refractivity (Wildman–Crippen MR) is 123 cm³/mol. The number of ether oxygens (including phenoxy) is 1. The second-order valence-electron chi connectivity index (χ2n) is 7.73. The van der Waals surface area contributed by atoms with Gasteiger partial charge in [-0.1, -0.05) is 80.8 Å². The van der Waals surface area contributed by atoms with E-state index in [0.29, 0.717) is 5.56 Å². The lowest BCUT2D eigenvalue weighted by Gasteiger charge is -2.15. The first-order chi connectivity index (χ1) is 14.6. The Bertz CT molecular complexity index is 943. The van der Waals surface area contributed by atoms with Crippen molar-refractivity contribution in [3.63, 3.8) is 0 Å². The maximum Gasteiger partial charge on any atom is 0.336 e. The minimum absolute atomic E-state index is 0.223. The molecule has 156 valence electrons. The van der Waals surface area contributed by atoms with Crippen LogP contribution in [-0.2, 0) is 0 Å². The summed E-state index contributed by atoms with van der Waals surface area (Å²) < 4.78 is 6.04. The molecule has 0 aromatic heterocycles. The summed E-state index contributed by atoms with van der Waals surface area (Å²) in [5.74, 6) is -0.0152. The molecule has 1 N–H and O–H groups in total. The topological polar surface area (TPSA) is 46.5 Å². The van der Waals surface area contributed by atoms with E-state index in [1.807, 2.05) is 48.5 Å². The molecule has 0 spiro atoms. The lowest BCUT2D eigenvalue weighted by molar-refractivity contribution is 0.0697. The molecule has 30 heavy (non-hydrogen) atoms. The molecule has 0 saturated heterocycles. The molecule has 1 atom stereocenters. The molecule has 3 heteroatoms. The van der Waals surface area contributed by atoms with Gasteiger partial charge in [0.1, 0.15) is 5.75 Å². The van der Waals surface area contributed by atoms with Crippen molar-refractivity contribution in [1.29, 1.82) is 0 Å². The number of rotatable bonds is 10. The van der Waals surface area contributed by atoms with Gasteiger partial charge in [-0.2, -0.15) is 0 Å². The molecule has 0 amide bonds. The highest BCUT2D eigenvalue weighted by Crippen LogP contribution is 2.28. The molecular formula is C27H30O3. The van der Waals surface area contributed by atoms with E-state index in [2.05, 4.69) is 26.0 Å². The maximum atomic E-state index is 11.5. The minimum atomic E-state index is -0.912. The van der Waals surface area contributed by atoms with Crippen molar-refractivity contribution in [2.45, 2.75) is 52.1 Å². The van der Waals surface area contributed by atoms with Gasteiger partial charge < -0.3 is 9.84 Å². The van der Waals surface area contributed by atoms with Gasteiger partial charge >= 0.3 is 5.97 Å². The predicted octanol–water partition coefficient (Wildman–Crippen LogP) is 7.46. The number of carboxylic acid groups (broad SMARTS) is 1. The summed E-state index contributed by atoms with van der Waals surface area (Å²) >= 11 is 0. The fourth-order valence-electron chi connectivity index (χ4n) is 3.64. The second kappa shape index (κ2) is 10.6. The Labute approximate surface area is 179 Å². The summed E-state index contributed by atoms with van der Waals surface area (Å²) in [5.41, 5.74) is 4.14. The maximum absolute atomic E-state index is 11.5.